The summed E-state index contributed by atoms with van der Waals surface area (Å²) in [6.07, 6.45) is 3.14. The zero-order valence-corrected chi connectivity index (χ0v) is 16.2. The first-order valence-electron chi connectivity index (χ1n) is 9.50. The van der Waals surface area contributed by atoms with Crippen LogP contribution in [0.5, 0.6) is 0 Å². The molecule has 3 heterocycles. The zero-order valence-electron chi connectivity index (χ0n) is 16.2. The average molecular weight is 408 g/mol. The number of pyridine rings is 1. The first-order chi connectivity index (χ1) is 15.1. The van der Waals surface area contributed by atoms with Gasteiger partial charge in [0.1, 0.15) is 12.0 Å². The lowest BCUT2D eigenvalue weighted by Gasteiger charge is -2.11. The molecule has 0 radical (unpaired) electrons. The Morgan fingerprint density at radius 2 is 1.74 bits per heavy atom. The van der Waals surface area contributed by atoms with Crippen molar-refractivity contribution in [2.24, 2.45) is 5.73 Å². The number of carbonyl (C=O) groups excluding carboxylic acids is 2. The number of fused-ring (bicyclic) bond motifs is 2. The van der Waals surface area contributed by atoms with Gasteiger partial charge in [0.2, 0.25) is 0 Å². The molecule has 5 aromatic rings. The van der Waals surface area contributed by atoms with Crippen molar-refractivity contribution in [1.82, 2.24) is 19.4 Å². The molecule has 150 valence electrons. The van der Waals surface area contributed by atoms with Crippen LogP contribution in [0.2, 0.25) is 0 Å². The topological polar surface area (TPSA) is 115 Å². The van der Waals surface area contributed by atoms with Crippen molar-refractivity contribution in [2.75, 3.05) is 5.32 Å². The Balaban J connectivity index is 1.64. The average Bonchev–Trinajstić information content (AvgIpc) is 3.24. The Labute approximate surface area is 176 Å². The number of nitrogens with zero attached hydrogens (tertiary/aromatic N) is 4. The van der Waals surface area contributed by atoms with Crippen LogP contribution >= 0.6 is 0 Å². The van der Waals surface area contributed by atoms with Gasteiger partial charge in [0.15, 0.2) is 11.3 Å². The highest BCUT2D eigenvalue weighted by Gasteiger charge is 2.19. The van der Waals surface area contributed by atoms with Gasteiger partial charge >= 0.3 is 0 Å². The minimum absolute atomic E-state index is 0.00124. The number of nitrogens with two attached hydrogens (primary N) is 1. The van der Waals surface area contributed by atoms with E-state index in [1.165, 1.54) is 6.33 Å². The van der Waals surface area contributed by atoms with E-state index in [0.717, 1.165) is 10.9 Å². The molecule has 5 rings (SSSR count). The highest BCUT2D eigenvalue weighted by atomic mass is 16.2. The van der Waals surface area contributed by atoms with Gasteiger partial charge in [-0.25, -0.2) is 9.97 Å². The van der Waals surface area contributed by atoms with Gasteiger partial charge in [-0.15, -0.1) is 0 Å². The Bertz CT molecular complexity index is 1450. The van der Waals surface area contributed by atoms with E-state index in [2.05, 4.69) is 20.3 Å². The lowest BCUT2D eigenvalue weighted by atomic mass is 10.1. The molecule has 8 heteroatoms. The van der Waals surface area contributed by atoms with E-state index in [1.54, 1.807) is 22.7 Å². The van der Waals surface area contributed by atoms with E-state index < -0.39 is 11.8 Å². The number of amides is 2. The number of para-hydroxylation sites is 1. The van der Waals surface area contributed by atoms with Crippen LogP contribution < -0.4 is 11.1 Å². The Hall–Kier alpha value is -4.59. The molecule has 0 fully saturated rings. The minimum atomic E-state index is -0.718. The highest BCUT2D eigenvalue weighted by molar-refractivity contribution is 6.08. The SMILES string of the molecule is NC(=O)c1ncn2c(-c3ccccc3)cc(C(=O)Nc3cccc4cccnc34)nc12. The zero-order chi connectivity index (χ0) is 21.4. The summed E-state index contributed by atoms with van der Waals surface area (Å²) < 4.78 is 1.64. The molecule has 3 aromatic heterocycles. The van der Waals surface area contributed by atoms with Gasteiger partial charge in [0.05, 0.1) is 16.9 Å². The molecular formula is C23H16N6O2. The lowest BCUT2D eigenvalue weighted by Crippen LogP contribution is -2.17. The summed E-state index contributed by atoms with van der Waals surface area (Å²) in [5.74, 6) is -1.15. The maximum Gasteiger partial charge on any atom is 0.274 e. The quantitative estimate of drug-likeness (QED) is 0.473. The number of hydrogen-bond acceptors (Lipinski definition) is 5. The third-order valence-corrected chi connectivity index (χ3v) is 4.92. The molecule has 0 saturated heterocycles. The molecule has 0 bridgehead atoms. The number of rotatable bonds is 4. The fourth-order valence-corrected chi connectivity index (χ4v) is 3.48. The molecule has 0 unspecified atom stereocenters. The molecule has 0 aliphatic rings. The summed E-state index contributed by atoms with van der Waals surface area (Å²) in [6, 6.07) is 20.4. The number of benzene rings is 2. The van der Waals surface area contributed by atoms with Crippen molar-refractivity contribution < 1.29 is 9.59 Å². The normalized spacial score (nSPS) is 11.0. The van der Waals surface area contributed by atoms with Gasteiger partial charge in [0, 0.05) is 11.6 Å². The van der Waals surface area contributed by atoms with E-state index >= 15 is 0 Å². The van der Waals surface area contributed by atoms with Crippen LogP contribution in [-0.2, 0) is 0 Å². The third kappa shape index (κ3) is 3.25. The first-order valence-corrected chi connectivity index (χ1v) is 9.50. The summed E-state index contributed by atoms with van der Waals surface area (Å²) in [7, 11) is 0. The molecule has 8 nitrogen and oxygen atoms in total. The van der Waals surface area contributed by atoms with E-state index in [4.69, 9.17) is 5.73 Å². The molecule has 0 aliphatic carbocycles. The molecule has 0 spiro atoms. The number of imidazole rings is 1. The van der Waals surface area contributed by atoms with Crippen molar-refractivity contribution in [3.05, 3.63) is 90.6 Å². The Morgan fingerprint density at radius 3 is 2.55 bits per heavy atom. The molecule has 0 saturated carbocycles. The third-order valence-electron chi connectivity index (χ3n) is 4.92. The number of aromatic nitrogens is 4. The summed E-state index contributed by atoms with van der Waals surface area (Å²) in [6.45, 7) is 0. The summed E-state index contributed by atoms with van der Waals surface area (Å²) in [4.78, 5) is 37.8. The molecule has 0 atom stereocenters. The Kier molecular flexibility index (Phi) is 4.37. The maximum atomic E-state index is 13.1. The number of hydrogen-bond donors (Lipinski definition) is 2. The van der Waals surface area contributed by atoms with Crippen LogP contribution in [0.1, 0.15) is 21.0 Å². The van der Waals surface area contributed by atoms with Crippen molar-refractivity contribution in [1.29, 1.82) is 0 Å². The van der Waals surface area contributed by atoms with Gasteiger partial charge in [-0.3, -0.25) is 19.0 Å². The number of anilines is 1. The molecule has 0 aliphatic heterocycles. The maximum absolute atomic E-state index is 13.1. The standard InChI is InChI=1S/C23H16N6O2/c24-21(30)20-22-27-17(12-18(29(22)13-26-20)14-6-2-1-3-7-14)23(31)28-16-10-4-8-15-9-5-11-25-19(15)16/h1-13H,(H2,24,30)(H,28,31). The van der Waals surface area contributed by atoms with Gasteiger partial charge in [-0.1, -0.05) is 48.5 Å². The molecule has 3 N–H and O–H groups in total. The fraction of sp³-hybridized carbons (Fsp3) is 0. The second-order valence-corrected chi connectivity index (χ2v) is 6.88. The predicted octanol–water partition coefficient (Wildman–Crippen LogP) is 3.30. The van der Waals surface area contributed by atoms with Gasteiger partial charge in [0.25, 0.3) is 11.8 Å². The van der Waals surface area contributed by atoms with Crippen LogP contribution in [0.25, 0.3) is 27.8 Å². The molecule has 2 amide bonds. The summed E-state index contributed by atoms with van der Waals surface area (Å²) in [5.41, 5.74) is 8.54. The second-order valence-electron chi connectivity index (χ2n) is 6.88. The summed E-state index contributed by atoms with van der Waals surface area (Å²) >= 11 is 0. The smallest absolute Gasteiger partial charge is 0.274 e. The van der Waals surface area contributed by atoms with E-state index in [1.807, 2.05) is 54.6 Å². The molecule has 31 heavy (non-hydrogen) atoms. The second kappa shape index (κ2) is 7.34. The largest absolute Gasteiger partial charge is 0.364 e. The van der Waals surface area contributed by atoms with Crippen LogP contribution in [0, 0.1) is 0 Å². The van der Waals surface area contributed by atoms with E-state index in [9.17, 15) is 9.59 Å². The Morgan fingerprint density at radius 1 is 0.935 bits per heavy atom. The van der Waals surface area contributed by atoms with E-state index in [-0.39, 0.29) is 17.0 Å². The van der Waals surface area contributed by atoms with Gasteiger partial charge < -0.3 is 11.1 Å². The lowest BCUT2D eigenvalue weighted by molar-refractivity contribution is 0.0993. The van der Waals surface area contributed by atoms with Crippen LogP contribution in [-0.4, -0.2) is 31.2 Å². The van der Waals surface area contributed by atoms with E-state index in [0.29, 0.717) is 16.9 Å². The van der Waals surface area contributed by atoms with Crippen LogP contribution in [0.3, 0.4) is 0 Å². The first kappa shape index (κ1) is 18.4. The van der Waals surface area contributed by atoms with Crippen molar-refractivity contribution in [3.8, 4) is 11.3 Å². The van der Waals surface area contributed by atoms with Crippen LogP contribution in [0.15, 0.2) is 79.3 Å². The molecule has 2 aromatic carbocycles. The minimum Gasteiger partial charge on any atom is -0.364 e. The van der Waals surface area contributed by atoms with Crippen molar-refractivity contribution in [3.63, 3.8) is 0 Å². The van der Waals surface area contributed by atoms with Crippen molar-refractivity contribution >= 4 is 34.1 Å². The number of nitrogens with one attached hydrogen (secondary N) is 1. The van der Waals surface area contributed by atoms with Gasteiger partial charge in [-0.05, 0) is 23.8 Å². The predicted molar refractivity (Wildman–Crippen MR) is 117 cm³/mol. The fourth-order valence-electron chi connectivity index (χ4n) is 3.48. The van der Waals surface area contributed by atoms with Crippen molar-refractivity contribution in [2.45, 2.75) is 0 Å². The monoisotopic (exact) mass is 408 g/mol. The number of carbonyl (C=O) groups is 2. The van der Waals surface area contributed by atoms with Gasteiger partial charge in [-0.2, -0.15) is 0 Å². The molecular weight excluding hydrogens is 392 g/mol. The highest BCUT2D eigenvalue weighted by Crippen LogP contribution is 2.25. The summed E-state index contributed by atoms with van der Waals surface area (Å²) in [5, 5.41) is 3.78. The van der Waals surface area contributed by atoms with Crippen LogP contribution in [0.4, 0.5) is 5.69 Å². The number of primary amides is 1.